The SMILES string of the molecule is CC(C)c1ccc(S(=O)(=O)N2CCN([C@H](C)c3nc(NCCc4ccccc4)c4ccccc4n3)CC2)cc1. The van der Waals surface area contributed by atoms with Crippen LogP contribution in [0.3, 0.4) is 0 Å². The molecular formula is C31H37N5O2S. The number of fused-ring (bicyclic) bond motifs is 1. The normalized spacial score (nSPS) is 16.0. The summed E-state index contributed by atoms with van der Waals surface area (Å²) in [6.45, 7) is 9.21. The van der Waals surface area contributed by atoms with Gasteiger partial charge in [-0.15, -0.1) is 0 Å². The largest absolute Gasteiger partial charge is 0.369 e. The van der Waals surface area contributed by atoms with Crippen LogP contribution in [-0.4, -0.2) is 60.3 Å². The molecule has 39 heavy (non-hydrogen) atoms. The highest BCUT2D eigenvalue weighted by Gasteiger charge is 2.31. The number of hydrogen-bond acceptors (Lipinski definition) is 6. The van der Waals surface area contributed by atoms with Crippen molar-refractivity contribution < 1.29 is 8.42 Å². The first-order valence-electron chi connectivity index (χ1n) is 13.7. The average molecular weight is 544 g/mol. The fourth-order valence-corrected chi connectivity index (χ4v) is 6.48. The Morgan fingerprint density at radius 1 is 0.821 bits per heavy atom. The van der Waals surface area contributed by atoms with Crippen molar-refractivity contribution in [2.45, 2.75) is 44.0 Å². The van der Waals surface area contributed by atoms with Gasteiger partial charge in [0.15, 0.2) is 0 Å². The third-order valence-corrected chi connectivity index (χ3v) is 9.46. The summed E-state index contributed by atoms with van der Waals surface area (Å²) in [5.74, 6) is 1.95. The summed E-state index contributed by atoms with van der Waals surface area (Å²) in [6, 6.07) is 25.7. The predicted molar refractivity (Wildman–Crippen MR) is 157 cm³/mol. The maximum Gasteiger partial charge on any atom is 0.243 e. The maximum absolute atomic E-state index is 13.3. The van der Waals surface area contributed by atoms with E-state index in [1.807, 2.05) is 42.5 Å². The molecule has 8 heteroatoms. The molecule has 0 radical (unpaired) electrons. The molecule has 1 aromatic heterocycles. The molecule has 0 unspecified atom stereocenters. The van der Waals surface area contributed by atoms with Crippen LogP contribution in [0, 0.1) is 0 Å². The summed E-state index contributed by atoms with van der Waals surface area (Å²) in [7, 11) is -3.52. The molecule has 1 aliphatic rings. The molecule has 1 aliphatic heterocycles. The van der Waals surface area contributed by atoms with E-state index in [4.69, 9.17) is 9.97 Å². The molecule has 5 rings (SSSR count). The van der Waals surface area contributed by atoms with Crippen molar-refractivity contribution in [2.75, 3.05) is 38.0 Å². The van der Waals surface area contributed by atoms with Crippen molar-refractivity contribution in [1.82, 2.24) is 19.2 Å². The fourth-order valence-electron chi connectivity index (χ4n) is 5.05. The average Bonchev–Trinajstić information content (AvgIpc) is 2.97. The second-order valence-corrected chi connectivity index (χ2v) is 12.4. The highest BCUT2D eigenvalue weighted by Crippen LogP contribution is 2.27. The topological polar surface area (TPSA) is 78.4 Å². The van der Waals surface area contributed by atoms with E-state index in [1.54, 1.807) is 16.4 Å². The van der Waals surface area contributed by atoms with Gasteiger partial charge in [0.05, 0.1) is 16.5 Å². The quantitative estimate of drug-likeness (QED) is 0.301. The van der Waals surface area contributed by atoms with E-state index in [2.05, 4.69) is 55.3 Å². The molecule has 0 amide bonds. The standard InChI is InChI=1S/C31H37N5O2S/c1-23(2)26-13-15-27(16-14-26)39(37,38)36-21-19-35(20-22-36)24(3)30-33-29-12-8-7-11-28(29)31(34-30)32-18-17-25-9-5-4-6-10-25/h4-16,23-24H,17-22H2,1-3H3,(H,32,33,34)/t24-/m1/s1. The summed E-state index contributed by atoms with van der Waals surface area (Å²) >= 11 is 0. The number of nitrogens with zero attached hydrogens (tertiary/aromatic N) is 4. The molecular weight excluding hydrogens is 506 g/mol. The Bertz CT molecular complexity index is 1500. The predicted octanol–water partition coefficient (Wildman–Crippen LogP) is 5.48. The van der Waals surface area contributed by atoms with Gasteiger partial charge in [-0.3, -0.25) is 4.90 Å². The van der Waals surface area contributed by atoms with Gasteiger partial charge in [-0.25, -0.2) is 18.4 Å². The van der Waals surface area contributed by atoms with Crippen molar-refractivity contribution in [3.05, 3.63) is 95.8 Å². The zero-order chi connectivity index (χ0) is 27.4. The molecule has 0 saturated carbocycles. The summed E-state index contributed by atoms with van der Waals surface area (Å²) < 4.78 is 28.2. The minimum absolute atomic E-state index is 0.0422. The lowest BCUT2D eigenvalue weighted by Gasteiger charge is -2.37. The van der Waals surface area contributed by atoms with Crippen molar-refractivity contribution in [1.29, 1.82) is 0 Å². The Labute approximate surface area is 232 Å². The van der Waals surface area contributed by atoms with E-state index < -0.39 is 10.0 Å². The summed E-state index contributed by atoms with van der Waals surface area (Å²) in [4.78, 5) is 12.5. The van der Waals surface area contributed by atoms with Gasteiger partial charge < -0.3 is 5.32 Å². The molecule has 1 fully saturated rings. The monoisotopic (exact) mass is 543 g/mol. The van der Waals surface area contributed by atoms with E-state index in [1.165, 1.54) is 5.56 Å². The molecule has 0 bridgehead atoms. The van der Waals surface area contributed by atoms with Crippen molar-refractivity contribution in [3.8, 4) is 0 Å². The van der Waals surface area contributed by atoms with E-state index in [9.17, 15) is 8.42 Å². The molecule has 0 aliphatic carbocycles. The molecule has 3 aromatic carbocycles. The van der Waals surface area contributed by atoms with Crippen LogP contribution in [-0.2, 0) is 16.4 Å². The minimum Gasteiger partial charge on any atom is -0.369 e. The van der Waals surface area contributed by atoms with Gasteiger partial charge in [-0.2, -0.15) is 4.31 Å². The van der Waals surface area contributed by atoms with Crippen LogP contribution in [0.15, 0.2) is 83.8 Å². The highest BCUT2D eigenvalue weighted by atomic mass is 32.2. The van der Waals surface area contributed by atoms with Gasteiger partial charge in [0.2, 0.25) is 10.0 Å². The molecule has 2 heterocycles. The van der Waals surface area contributed by atoms with Crippen LogP contribution < -0.4 is 5.32 Å². The van der Waals surface area contributed by atoms with Gasteiger partial charge in [-0.1, -0.05) is 68.4 Å². The van der Waals surface area contributed by atoms with E-state index >= 15 is 0 Å². The summed E-state index contributed by atoms with van der Waals surface area (Å²) in [5, 5.41) is 4.53. The van der Waals surface area contributed by atoms with E-state index in [-0.39, 0.29) is 6.04 Å². The number of nitrogens with one attached hydrogen (secondary N) is 1. The van der Waals surface area contributed by atoms with Crippen LogP contribution in [0.1, 0.15) is 49.7 Å². The number of rotatable bonds is 9. The third kappa shape index (κ3) is 6.13. The highest BCUT2D eigenvalue weighted by molar-refractivity contribution is 7.89. The van der Waals surface area contributed by atoms with Crippen molar-refractivity contribution in [2.24, 2.45) is 0 Å². The third-order valence-electron chi connectivity index (χ3n) is 7.55. The maximum atomic E-state index is 13.3. The zero-order valence-electron chi connectivity index (χ0n) is 22.9. The number of para-hydroxylation sites is 1. The number of aromatic nitrogens is 2. The molecule has 204 valence electrons. The Morgan fingerprint density at radius 2 is 1.49 bits per heavy atom. The molecule has 1 N–H and O–H groups in total. The molecule has 1 saturated heterocycles. The second-order valence-electron chi connectivity index (χ2n) is 10.4. The molecule has 7 nitrogen and oxygen atoms in total. The Balaban J connectivity index is 1.27. The van der Waals surface area contributed by atoms with Crippen LogP contribution >= 0.6 is 0 Å². The lowest BCUT2D eigenvalue weighted by molar-refractivity contribution is 0.141. The van der Waals surface area contributed by atoms with Crippen LogP contribution in [0.4, 0.5) is 5.82 Å². The number of anilines is 1. The lowest BCUT2D eigenvalue weighted by Crippen LogP contribution is -2.49. The first-order chi connectivity index (χ1) is 18.8. The van der Waals surface area contributed by atoms with Crippen molar-refractivity contribution in [3.63, 3.8) is 0 Å². The number of sulfonamides is 1. The van der Waals surface area contributed by atoms with Crippen LogP contribution in [0.25, 0.3) is 10.9 Å². The van der Waals surface area contributed by atoms with Gasteiger partial charge in [0, 0.05) is 38.1 Å². The second kappa shape index (κ2) is 11.8. The molecule has 1 atom stereocenters. The molecule has 0 spiro atoms. The Hall–Kier alpha value is -3.33. The molecule has 4 aromatic rings. The number of piperazine rings is 1. The van der Waals surface area contributed by atoms with Crippen LogP contribution in [0.5, 0.6) is 0 Å². The fraction of sp³-hybridized carbons (Fsp3) is 0.355. The van der Waals surface area contributed by atoms with Crippen molar-refractivity contribution >= 4 is 26.7 Å². The Morgan fingerprint density at radius 3 is 2.18 bits per heavy atom. The van der Waals surface area contributed by atoms with Gasteiger partial charge in [0.25, 0.3) is 0 Å². The smallest absolute Gasteiger partial charge is 0.243 e. The number of hydrogen-bond donors (Lipinski definition) is 1. The minimum atomic E-state index is -3.52. The zero-order valence-corrected chi connectivity index (χ0v) is 23.7. The summed E-state index contributed by atoms with van der Waals surface area (Å²) in [6.07, 6.45) is 0.903. The van der Waals surface area contributed by atoms with E-state index in [0.717, 1.165) is 41.1 Å². The summed E-state index contributed by atoms with van der Waals surface area (Å²) in [5.41, 5.74) is 3.32. The number of benzene rings is 3. The van der Waals surface area contributed by atoms with Crippen LogP contribution in [0.2, 0.25) is 0 Å². The first kappa shape index (κ1) is 27.2. The van der Waals surface area contributed by atoms with Gasteiger partial charge in [-0.05, 0) is 54.7 Å². The van der Waals surface area contributed by atoms with Gasteiger partial charge in [0.1, 0.15) is 11.6 Å². The van der Waals surface area contributed by atoms with E-state index in [0.29, 0.717) is 37.0 Å². The lowest BCUT2D eigenvalue weighted by atomic mass is 10.0. The first-order valence-corrected chi connectivity index (χ1v) is 15.2. The Kier molecular flexibility index (Phi) is 8.26. The van der Waals surface area contributed by atoms with Gasteiger partial charge >= 0.3 is 0 Å².